The summed E-state index contributed by atoms with van der Waals surface area (Å²) in [5, 5.41) is 3.52. The third-order valence-corrected chi connectivity index (χ3v) is 3.75. The highest BCUT2D eigenvalue weighted by Crippen LogP contribution is 2.22. The standard InChI is InChI=1S/C12H22N2S/c1-5-14-10(4)12(9(2)3)6-11-7-13-8-15-11/h7-10,12,14H,5-6H2,1-4H3. The Bertz CT molecular complexity index is 257. The van der Waals surface area contributed by atoms with Gasteiger partial charge in [0.2, 0.25) is 0 Å². The van der Waals surface area contributed by atoms with Crippen molar-refractivity contribution in [3.8, 4) is 0 Å². The Morgan fingerprint density at radius 2 is 2.13 bits per heavy atom. The van der Waals surface area contributed by atoms with E-state index in [4.69, 9.17) is 0 Å². The summed E-state index contributed by atoms with van der Waals surface area (Å²) in [4.78, 5) is 5.54. The average Bonchev–Trinajstić information content (AvgIpc) is 2.66. The van der Waals surface area contributed by atoms with Crippen LogP contribution in [0.1, 0.15) is 32.6 Å². The summed E-state index contributed by atoms with van der Waals surface area (Å²) in [6.45, 7) is 10.1. The highest BCUT2D eigenvalue weighted by Gasteiger charge is 2.20. The number of rotatable bonds is 6. The molecule has 1 heterocycles. The molecule has 0 aliphatic rings. The van der Waals surface area contributed by atoms with Gasteiger partial charge in [0.25, 0.3) is 0 Å². The molecule has 1 aromatic rings. The van der Waals surface area contributed by atoms with Gasteiger partial charge in [0, 0.05) is 17.1 Å². The van der Waals surface area contributed by atoms with Crippen LogP contribution < -0.4 is 5.32 Å². The van der Waals surface area contributed by atoms with Crippen molar-refractivity contribution in [2.24, 2.45) is 11.8 Å². The zero-order valence-corrected chi connectivity index (χ0v) is 11.0. The molecular weight excluding hydrogens is 204 g/mol. The molecule has 15 heavy (non-hydrogen) atoms. The molecule has 0 amide bonds. The molecule has 0 aliphatic heterocycles. The van der Waals surface area contributed by atoms with Crippen LogP contribution in [0.5, 0.6) is 0 Å². The minimum atomic E-state index is 0.581. The van der Waals surface area contributed by atoms with E-state index in [1.165, 1.54) is 4.88 Å². The lowest BCUT2D eigenvalue weighted by atomic mass is 9.86. The van der Waals surface area contributed by atoms with Crippen LogP contribution in [0.4, 0.5) is 0 Å². The van der Waals surface area contributed by atoms with Gasteiger partial charge in [0.15, 0.2) is 0 Å². The first-order valence-corrected chi connectivity index (χ1v) is 6.63. The van der Waals surface area contributed by atoms with Crippen LogP contribution >= 0.6 is 11.3 Å². The summed E-state index contributed by atoms with van der Waals surface area (Å²) in [7, 11) is 0. The van der Waals surface area contributed by atoms with Crippen molar-refractivity contribution >= 4 is 11.3 Å². The minimum absolute atomic E-state index is 0.581. The van der Waals surface area contributed by atoms with Crippen LogP contribution in [0.2, 0.25) is 0 Å². The van der Waals surface area contributed by atoms with Gasteiger partial charge >= 0.3 is 0 Å². The van der Waals surface area contributed by atoms with E-state index in [0.29, 0.717) is 17.9 Å². The number of hydrogen-bond donors (Lipinski definition) is 1. The molecule has 2 atom stereocenters. The van der Waals surface area contributed by atoms with Gasteiger partial charge < -0.3 is 5.32 Å². The van der Waals surface area contributed by atoms with Gasteiger partial charge in [-0.25, -0.2) is 0 Å². The summed E-state index contributed by atoms with van der Waals surface area (Å²) in [6.07, 6.45) is 3.15. The summed E-state index contributed by atoms with van der Waals surface area (Å²) in [6, 6.07) is 0.581. The second-order valence-electron chi connectivity index (χ2n) is 4.43. The van der Waals surface area contributed by atoms with E-state index in [0.717, 1.165) is 13.0 Å². The Kier molecular flexibility index (Phi) is 5.26. The summed E-state index contributed by atoms with van der Waals surface area (Å²) < 4.78 is 0. The van der Waals surface area contributed by atoms with Gasteiger partial charge in [-0.15, -0.1) is 11.3 Å². The van der Waals surface area contributed by atoms with Gasteiger partial charge in [0.1, 0.15) is 0 Å². The number of nitrogens with zero attached hydrogens (tertiary/aromatic N) is 1. The normalized spacial score (nSPS) is 15.5. The van der Waals surface area contributed by atoms with Gasteiger partial charge in [-0.1, -0.05) is 20.8 Å². The first-order chi connectivity index (χ1) is 7.15. The molecule has 0 fully saturated rings. The van der Waals surface area contributed by atoms with Crippen molar-refractivity contribution in [2.45, 2.75) is 40.2 Å². The third kappa shape index (κ3) is 3.92. The molecule has 0 aromatic carbocycles. The smallest absolute Gasteiger partial charge is 0.0794 e. The number of nitrogens with one attached hydrogen (secondary N) is 1. The highest BCUT2D eigenvalue weighted by molar-refractivity contribution is 7.09. The Balaban J connectivity index is 2.58. The molecule has 1 N–H and O–H groups in total. The zero-order valence-electron chi connectivity index (χ0n) is 10.2. The van der Waals surface area contributed by atoms with Crippen LogP contribution in [0.3, 0.4) is 0 Å². The monoisotopic (exact) mass is 226 g/mol. The van der Waals surface area contributed by atoms with Crippen LogP contribution in [0.25, 0.3) is 0 Å². The van der Waals surface area contributed by atoms with Crippen molar-refractivity contribution < 1.29 is 0 Å². The first-order valence-electron chi connectivity index (χ1n) is 5.75. The van der Waals surface area contributed by atoms with Crippen LogP contribution in [0.15, 0.2) is 11.7 Å². The molecule has 3 heteroatoms. The molecule has 0 saturated carbocycles. The molecule has 1 aromatic heterocycles. The molecule has 0 saturated heterocycles. The Hall–Kier alpha value is -0.410. The van der Waals surface area contributed by atoms with Crippen molar-refractivity contribution in [1.29, 1.82) is 0 Å². The zero-order chi connectivity index (χ0) is 11.3. The molecule has 2 nitrogen and oxygen atoms in total. The second-order valence-corrected chi connectivity index (χ2v) is 5.40. The van der Waals surface area contributed by atoms with Crippen molar-refractivity contribution in [3.63, 3.8) is 0 Å². The maximum absolute atomic E-state index is 4.14. The van der Waals surface area contributed by atoms with Gasteiger partial charge in [-0.05, 0) is 31.7 Å². The summed E-state index contributed by atoms with van der Waals surface area (Å²) in [5.41, 5.74) is 1.92. The number of thiazole rings is 1. The van der Waals surface area contributed by atoms with E-state index in [1.54, 1.807) is 11.3 Å². The van der Waals surface area contributed by atoms with E-state index in [1.807, 2.05) is 11.7 Å². The summed E-state index contributed by atoms with van der Waals surface area (Å²) in [5.74, 6) is 1.41. The highest BCUT2D eigenvalue weighted by atomic mass is 32.1. The Morgan fingerprint density at radius 1 is 1.40 bits per heavy atom. The van der Waals surface area contributed by atoms with Crippen molar-refractivity contribution in [3.05, 3.63) is 16.6 Å². The third-order valence-electron chi connectivity index (χ3n) is 2.94. The molecule has 86 valence electrons. The van der Waals surface area contributed by atoms with Crippen molar-refractivity contribution in [2.75, 3.05) is 6.54 Å². The quantitative estimate of drug-likeness (QED) is 0.806. The number of hydrogen-bond acceptors (Lipinski definition) is 3. The minimum Gasteiger partial charge on any atom is -0.314 e. The van der Waals surface area contributed by atoms with Gasteiger partial charge in [-0.3, -0.25) is 4.98 Å². The second kappa shape index (κ2) is 6.23. The van der Waals surface area contributed by atoms with Gasteiger partial charge in [-0.2, -0.15) is 0 Å². The van der Waals surface area contributed by atoms with Gasteiger partial charge in [0.05, 0.1) is 5.51 Å². The maximum atomic E-state index is 4.14. The van der Waals surface area contributed by atoms with Crippen LogP contribution in [-0.4, -0.2) is 17.6 Å². The Morgan fingerprint density at radius 3 is 2.60 bits per heavy atom. The SMILES string of the molecule is CCNC(C)C(Cc1cncs1)C(C)C. The van der Waals surface area contributed by atoms with E-state index in [-0.39, 0.29) is 0 Å². The fourth-order valence-electron chi connectivity index (χ4n) is 2.04. The number of aromatic nitrogens is 1. The van der Waals surface area contributed by atoms with E-state index in [9.17, 15) is 0 Å². The lowest BCUT2D eigenvalue weighted by Gasteiger charge is -2.27. The molecule has 0 bridgehead atoms. The molecule has 2 unspecified atom stereocenters. The van der Waals surface area contributed by atoms with Crippen LogP contribution in [-0.2, 0) is 6.42 Å². The largest absolute Gasteiger partial charge is 0.314 e. The molecule has 0 spiro atoms. The lowest BCUT2D eigenvalue weighted by molar-refractivity contribution is 0.293. The molecular formula is C12H22N2S. The molecule has 1 rings (SSSR count). The Labute approximate surface area is 97.1 Å². The van der Waals surface area contributed by atoms with E-state index in [2.05, 4.69) is 38.0 Å². The fraction of sp³-hybridized carbons (Fsp3) is 0.750. The summed E-state index contributed by atoms with van der Waals surface area (Å²) >= 11 is 1.77. The van der Waals surface area contributed by atoms with E-state index < -0.39 is 0 Å². The molecule has 0 aliphatic carbocycles. The van der Waals surface area contributed by atoms with Crippen molar-refractivity contribution in [1.82, 2.24) is 10.3 Å². The van der Waals surface area contributed by atoms with Crippen LogP contribution in [0, 0.1) is 11.8 Å². The average molecular weight is 226 g/mol. The fourth-order valence-corrected chi connectivity index (χ4v) is 2.71. The first kappa shape index (κ1) is 12.7. The van der Waals surface area contributed by atoms with E-state index >= 15 is 0 Å². The maximum Gasteiger partial charge on any atom is 0.0794 e. The predicted octanol–water partition coefficient (Wildman–Crippen LogP) is 2.96. The topological polar surface area (TPSA) is 24.9 Å². The predicted molar refractivity (Wildman–Crippen MR) is 67.3 cm³/mol. The lowest BCUT2D eigenvalue weighted by Crippen LogP contribution is -2.37. The molecule has 0 radical (unpaired) electrons.